The van der Waals surface area contributed by atoms with Gasteiger partial charge in [-0.25, -0.2) is 0 Å². The zero-order chi connectivity index (χ0) is 16.7. The number of carbonyl (C=O) groups is 2. The lowest BCUT2D eigenvalue weighted by Gasteiger charge is -2.39. The van der Waals surface area contributed by atoms with Crippen molar-refractivity contribution in [3.63, 3.8) is 0 Å². The molecule has 0 unspecified atom stereocenters. The Balaban J connectivity index is 2.01. The van der Waals surface area contributed by atoms with Crippen LogP contribution in [-0.2, 0) is 25.5 Å². The molecule has 6 nitrogen and oxygen atoms in total. The van der Waals surface area contributed by atoms with E-state index in [1.807, 2.05) is 30.3 Å². The van der Waals surface area contributed by atoms with Crippen molar-refractivity contribution in [2.75, 3.05) is 47.1 Å². The van der Waals surface area contributed by atoms with E-state index in [1.165, 1.54) is 4.90 Å². The van der Waals surface area contributed by atoms with E-state index >= 15 is 0 Å². The fourth-order valence-electron chi connectivity index (χ4n) is 2.66. The van der Waals surface area contributed by atoms with Gasteiger partial charge >= 0.3 is 0 Å². The van der Waals surface area contributed by atoms with Crippen molar-refractivity contribution in [2.24, 2.45) is 0 Å². The summed E-state index contributed by atoms with van der Waals surface area (Å²) < 4.78 is 10.4. The average Bonchev–Trinajstić information content (AvgIpc) is 2.55. The second-order valence-electron chi connectivity index (χ2n) is 5.59. The fraction of sp³-hybridized carbons (Fsp3) is 0.529. The summed E-state index contributed by atoms with van der Waals surface area (Å²) in [6, 6.07) is 9.29. The van der Waals surface area contributed by atoms with Crippen molar-refractivity contribution in [1.29, 1.82) is 0 Å². The zero-order valence-electron chi connectivity index (χ0n) is 13.7. The maximum Gasteiger partial charge on any atom is 0.245 e. The molecule has 1 aromatic rings. The van der Waals surface area contributed by atoms with Crippen LogP contribution < -0.4 is 0 Å². The molecule has 23 heavy (non-hydrogen) atoms. The molecule has 0 saturated carbocycles. The Morgan fingerprint density at radius 1 is 1.13 bits per heavy atom. The third-order valence-electron chi connectivity index (χ3n) is 3.91. The number of methoxy groups -OCH3 is 1. The van der Waals surface area contributed by atoms with Crippen molar-refractivity contribution in [1.82, 2.24) is 9.80 Å². The first-order chi connectivity index (χ1) is 11.1. The van der Waals surface area contributed by atoms with Crippen LogP contribution in [0.3, 0.4) is 0 Å². The van der Waals surface area contributed by atoms with Crippen LogP contribution in [0.1, 0.15) is 5.56 Å². The monoisotopic (exact) mass is 320 g/mol. The minimum absolute atomic E-state index is 0.0228. The van der Waals surface area contributed by atoms with Crippen molar-refractivity contribution in [3.8, 4) is 0 Å². The van der Waals surface area contributed by atoms with Gasteiger partial charge in [0.2, 0.25) is 11.8 Å². The van der Waals surface area contributed by atoms with E-state index in [4.69, 9.17) is 9.47 Å². The molecule has 0 aromatic heterocycles. The van der Waals surface area contributed by atoms with Gasteiger partial charge in [-0.05, 0) is 5.56 Å². The Morgan fingerprint density at radius 2 is 1.87 bits per heavy atom. The van der Waals surface area contributed by atoms with Gasteiger partial charge in [0.1, 0.15) is 6.04 Å². The number of nitrogens with zero attached hydrogens (tertiary/aromatic N) is 2. The van der Waals surface area contributed by atoms with Crippen LogP contribution in [0, 0.1) is 0 Å². The third kappa shape index (κ3) is 4.77. The van der Waals surface area contributed by atoms with E-state index in [0.29, 0.717) is 32.8 Å². The van der Waals surface area contributed by atoms with E-state index < -0.39 is 6.04 Å². The molecule has 1 fully saturated rings. The number of hydrogen-bond acceptors (Lipinski definition) is 4. The molecule has 1 saturated heterocycles. The van der Waals surface area contributed by atoms with Crippen LogP contribution in [0.25, 0.3) is 0 Å². The van der Waals surface area contributed by atoms with Crippen LogP contribution in [0.4, 0.5) is 0 Å². The van der Waals surface area contributed by atoms with E-state index in [-0.39, 0.29) is 18.4 Å². The Bertz CT molecular complexity index is 521. The molecule has 0 bridgehead atoms. The molecule has 0 aliphatic carbocycles. The zero-order valence-corrected chi connectivity index (χ0v) is 13.7. The summed E-state index contributed by atoms with van der Waals surface area (Å²) in [7, 11) is 3.28. The largest absolute Gasteiger partial charge is 0.382 e. The normalized spacial score (nSPS) is 18.6. The number of benzene rings is 1. The van der Waals surface area contributed by atoms with Crippen LogP contribution in [0.5, 0.6) is 0 Å². The van der Waals surface area contributed by atoms with Crippen LogP contribution in [0.15, 0.2) is 30.3 Å². The standard InChI is InChI=1S/C17H24N2O4/c1-18-13-16(20)19(8-9-23-11-10-22-2)15(17(18)21)12-14-6-4-3-5-7-14/h3-7,15H,8-13H2,1-2H3/t15-/m0/s1. The highest BCUT2D eigenvalue weighted by Crippen LogP contribution is 2.16. The van der Waals surface area contributed by atoms with Gasteiger partial charge in [-0.2, -0.15) is 0 Å². The molecular weight excluding hydrogens is 296 g/mol. The van der Waals surface area contributed by atoms with Gasteiger partial charge in [0.15, 0.2) is 0 Å². The number of rotatable bonds is 8. The van der Waals surface area contributed by atoms with E-state index in [9.17, 15) is 9.59 Å². The maximum atomic E-state index is 12.5. The highest BCUT2D eigenvalue weighted by atomic mass is 16.5. The number of piperazine rings is 1. The predicted octanol–water partition coefficient (Wildman–Crippen LogP) is 0.561. The van der Waals surface area contributed by atoms with Crippen LogP contribution >= 0.6 is 0 Å². The predicted molar refractivity (Wildman–Crippen MR) is 86.0 cm³/mol. The van der Waals surface area contributed by atoms with Crippen molar-refractivity contribution < 1.29 is 19.1 Å². The van der Waals surface area contributed by atoms with E-state index in [2.05, 4.69) is 0 Å². The number of likely N-dealkylation sites (N-methyl/N-ethyl adjacent to an activating group) is 1. The minimum atomic E-state index is -0.463. The first-order valence-corrected chi connectivity index (χ1v) is 7.78. The smallest absolute Gasteiger partial charge is 0.245 e. The quantitative estimate of drug-likeness (QED) is 0.657. The van der Waals surface area contributed by atoms with Crippen molar-refractivity contribution in [2.45, 2.75) is 12.5 Å². The summed E-state index contributed by atoms with van der Waals surface area (Å²) in [6.07, 6.45) is 0.522. The number of ether oxygens (including phenoxy) is 2. The topological polar surface area (TPSA) is 59.1 Å². The van der Waals surface area contributed by atoms with Gasteiger partial charge < -0.3 is 19.3 Å². The lowest BCUT2D eigenvalue weighted by atomic mass is 10.0. The first-order valence-electron chi connectivity index (χ1n) is 7.78. The molecule has 1 aliphatic heterocycles. The van der Waals surface area contributed by atoms with Gasteiger partial charge in [-0.15, -0.1) is 0 Å². The van der Waals surface area contributed by atoms with Crippen molar-refractivity contribution >= 4 is 11.8 Å². The molecular formula is C17H24N2O4. The first kappa shape index (κ1) is 17.4. The minimum Gasteiger partial charge on any atom is -0.382 e. The average molecular weight is 320 g/mol. The molecule has 0 spiro atoms. The summed E-state index contributed by atoms with van der Waals surface area (Å²) in [5.74, 6) is -0.0614. The van der Waals surface area contributed by atoms with Crippen LogP contribution in [0.2, 0.25) is 0 Å². The molecule has 2 rings (SSSR count). The molecule has 6 heteroatoms. The molecule has 1 aliphatic rings. The molecule has 0 N–H and O–H groups in total. The van der Waals surface area contributed by atoms with Crippen molar-refractivity contribution in [3.05, 3.63) is 35.9 Å². The Kier molecular flexibility index (Phi) is 6.55. The van der Waals surface area contributed by atoms with Gasteiger partial charge in [0.05, 0.1) is 26.4 Å². The summed E-state index contributed by atoms with van der Waals surface area (Å²) in [5, 5.41) is 0. The van der Waals surface area contributed by atoms with Gasteiger partial charge in [-0.1, -0.05) is 30.3 Å². The summed E-state index contributed by atoms with van der Waals surface area (Å²) >= 11 is 0. The molecule has 1 aromatic carbocycles. The number of amides is 2. The van der Waals surface area contributed by atoms with Gasteiger partial charge in [-0.3, -0.25) is 9.59 Å². The lowest BCUT2D eigenvalue weighted by molar-refractivity contribution is -0.155. The van der Waals surface area contributed by atoms with E-state index in [1.54, 1.807) is 19.1 Å². The second kappa shape index (κ2) is 8.64. The fourth-order valence-corrected chi connectivity index (χ4v) is 2.66. The highest BCUT2D eigenvalue weighted by molar-refractivity contribution is 5.94. The molecule has 1 atom stereocenters. The molecule has 126 valence electrons. The SMILES string of the molecule is COCCOCCN1C(=O)CN(C)C(=O)[C@@H]1Cc1ccccc1. The van der Waals surface area contributed by atoms with Gasteiger partial charge in [0, 0.05) is 27.1 Å². The van der Waals surface area contributed by atoms with E-state index in [0.717, 1.165) is 5.56 Å². The summed E-state index contributed by atoms with van der Waals surface area (Å²) in [6.45, 7) is 1.94. The summed E-state index contributed by atoms with van der Waals surface area (Å²) in [4.78, 5) is 28.0. The lowest BCUT2D eigenvalue weighted by Crippen LogP contribution is -2.60. The van der Waals surface area contributed by atoms with Gasteiger partial charge in [0.25, 0.3) is 0 Å². The Hall–Kier alpha value is -1.92. The summed E-state index contributed by atoms with van der Waals surface area (Å²) in [5.41, 5.74) is 1.04. The molecule has 1 heterocycles. The Labute approximate surface area is 137 Å². The number of hydrogen-bond donors (Lipinski definition) is 0. The second-order valence-corrected chi connectivity index (χ2v) is 5.59. The number of carbonyl (C=O) groups excluding carboxylic acids is 2. The molecule has 2 amide bonds. The highest BCUT2D eigenvalue weighted by Gasteiger charge is 2.37. The molecule has 0 radical (unpaired) electrons. The Morgan fingerprint density at radius 3 is 2.57 bits per heavy atom. The maximum absolute atomic E-state index is 12.5. The third-order valence-corrected chi connectivity index (χ3v) is 3.91. The van der Waals surface area contributed by atoms with Crippen LogP contribution in [-0.4, -0.2) is 74.7 Å².